The number of nitrogens with zero attached hydrogens (tertiary/aromatic N) is 2. The fourth-order valence-corrected chi connectivity index (χ4v) is 3.19. The predicted molar refractivity (Wildman–Crippen MR) is 84.8 cm³/mol. The molecular formula is C16H16N2O2S. The van der Waals surface area contributed by atoms with Gasteiger partial charge in [0.25, 0.3) is 0 Å². The van der Waals surface area contributed by atoms with Gasteiger partial charge in [-0.2, -0.15) is 0 Å². The molecule has 0 bridgehead atoms. The van der Waals surface area contributed by atoms with Gasteiger partial charge in [-0.1, -0.05) is 18.2 Å². The third-order valence-electron chi connectivity index (χ3n) is 3.67. The van der Waals surface area contributed by atoms with Crippen molar-refractivity contribution >= 4 is 34.5 Å². The van der Waals surface area contributed by atoms with Crippen molar-refractivity contribution in [3.8, 4) is 0 Å². The number of benzene rings is 1. The molecule has 0 spiro atoms. The number of carbonyl (C=O) groups is 2. The van der Waals surface area contributed by atoms with Gasteiger partial charge in [-0.05, 0) is 30.0 Å². The third kappa shape index (κ3) is 2.69. The van der Waals surface area contributed by atoms with Crippen LogP contribution in [-0.4, -0.2) is 25.4 Å². The predicted octanol–water partition coefficient (Wildman–Crippen LogP) is 2.69. The Bertz CT molecular complexity index is 667. The largest absolute Gasteiger partial charge is 0.312 e. The number of anilines is 2. The maximum Gasteiger partial charge on any atom is 0.246 e. The van der Waals surface area contributed by atoms with Crippen LogP contribution < -0.4 is 9.80 Å². The van der Waals surface area contributed by atoms with Crippen LogP contribution in [0, 0.1) is 0 Å². The second kappa shape index (κ2) is 5.69. The molecule has 2 amide bonds. The van der Waals surface area contributed by atoms with Crippen LogP contribution in [0.25, 0.3) is 0 Å². The first kappa shape index (κ1) is 13.8. The summed E-state index contributed by atoms with van der Waals surface area (Å²) < 4.78 is 0. The van der Waals surface area contributed by atoms with Crippen molar-refractivity contribution in [1.82, 2.24) is 0 Å². The fraction of sp³-hybridized carbons (Fsp3) is 0.250. The van der Waals surface area contributed by atoms with Gasteiger partial charge in [0.15, 0.2) is 0 Å². The average Bonchev–Trinajstić information content (AvgIpc) is 3.02. The molecule has 21 heavy (non-hydrogen) atoms. The number of likely N-dealkylation sites (N-methyl/N-ethyl adjacent to an activating group) is 1. The lowest BCUT2D eigenvalue weighted by Gasteiger charge is -2.34. The molecule has 1 aliphatic heterocycles. The molecule has 1 aromatic carbocycles. The van der Waals surface area contributed by atoms with Gasteiger partial charge >= 0.3 is 0 Å². The highest BCUT2D eigenvalue weighted by Crippen LogP contribution is 2.32. The Morgan fingerprint density at radius 3 is 2.67 bits per heavy atom. The summed E-state index contributed by atoms with van der Waals surface area (Å²) in [4.78, 5) is 28.9. The number of hydrogen-bond donors (Lipinski definition) is 0. The van der Waals surface area contributed by atoms with Crippen LogP contribution in [-0.2, 0) is 16.0 Å². The molecule has 108 valence electrons. The van der Waals surface area contributed by atoms with Crippen LogP contribution in [0.5, 0.6) is 0 Å². The van der Waals surface area contributed by atoms with E-state index in [0.29, 0.717) is 6.42 Å². The van der Waals surface area contributed by atoms with Crippen LogP contribution in [0.3, 0.4) is 0 Å². The highest BCUT2D eigenvalue weighted by Gasteiger charge is 2.29. The zero-order valence-corrected chi connectivity index (χ0v) is 12.6. The standard InChI is InChI=1S/C16H16N2O2S/c1-17-13-6-2-3-7-14(13)18(11-16(17)20)15(19)9-8-12-5-4-10-21-12/h2-7,10H,8-9,11H2,1H3. The number of hydrogen-bond acceptors (Lipinski definition) is 3. The van der Waals surface area contributed by atoms with E-state index in [1.54, 1.807) is 28.2 Å². The minimum Gasteiger partial charge on any atom is -0.312 e. The van der Waals surface area contributed by atoms with Gasteiger partial charge in [-0.3, -0.25) is 9.59 Å². The summed E-state index contributed by atoms with van der Waals surface area (Å²) in [6.07, 6.45) is 1.14. The van der Waals surface area contributed by atoms with Gasteiger partial charge in [0.05, 0.1) is 11.4 Å². The quantitative estimate of drug-likeness (QED) is 0.874. The molecule has 0 saturated carbocycles. The van der Waals surface area contributed by atoms with Crippen molar-refractivity contribution in [2.45, 2.75) is 12.8 Å². The van der Waals surface area contributed by atoms with Gasteiger partial charge in [-0.15, -0.1) is 11.3 Å². The Labute approximate surface area is 127 Å². The lowest BCUT2D eigenvalue weighted by Crippen LogP contribution is -2.46. The van der Waals surface area contributed by atoms with Gasteiger partial charge in [-0.25, -0.2) is 0 Å². The molecule has 0 unspecified atom stereocenters. The summed E-state index contributed by atoms with van der Waals surface area (Å²) in [6, 6.07) is 11.5. The van der Waals surface area contributed by atoms with E-state index in [9.17, 15) is 9.59 Å². The monoisotopic (exact) mass is 300 g/mol. The first-order valence-electron chi connectivity index (χ1n) is 6.85. The smallest absolute Gasteiger partial charge is 0.246 e. The second-order valence-electron chi connectivity index (χ2n) is 5.00. The molecule has 0 saturated heterocycles. The van der Waals surface area contributed by atoms with Crippen molar-refractivity contribution in [2.24, 2.45) is 0 Å². The molecular weight excluding hydrogens is 284 g/mol. The van der Waals surface area contributed by atoms with Crippen molar-refractivity contribution in [3.63, 3.8) is 0 Å². The summed E-state index contributed by atoms with van der Waals surface area (Å²) in [5.74, 6) is -0.0597. The number of rotatable bonds is 3. The lowest BCUT2D eigenvalue weighted by atomic mass is 10.1. The SMILES string of the molecule is CN1C(=O)CN(C(=O)CCc2cccs2)c2ccccc21. The highest BCUT2D eigenvalue weighted by atomic mass is 32.1. The molecule has 0 radical (unpaired) electrons. The van der Waals surface area contributed by atoms with Crippen LogP contribution in [0.1, 0.15) is 11.3 Å². The Morgan fingerprint density at radius 2 is 1.95 bits per heavy atom. The topological polar surface area (TPSA) is 40.6 Å². The van der Waals surface area contributed by atoms with Gasteiger partial charge < -0.3 is 9.80 Å². The van der Waals surface area contributed by atoms with Crippen LogP contribution in [0.15, 0.2) is 41.8 Å². The molecule has 5 heteroatoms. The molecule has 0 atom stereocenters. The lowest BCUT2D eigenvalue weighted by molar-refractivity contribution is -0.122. The third-order valence-corrected chi connectivity index (χ3v) is 4.60. The highest BCUT2D eigenvalue weighted by molar-refractivity contribution is 7.09. The van der Waals surface area contributed by atoms with E-state index in [4.69, 9.17) is 0 Å². The zero-order chi connectivity index (χ0) is 14.8. The molecule has 0 N–H and O–H groups in total. The van der Waals surface area contributed by atoms with Crippen molar-refractivity contribution in [1.29, 1.82) is 0 Å². The van der Waals surface area contributed by atoms with E-state index >= 15 is 0 Å². The molecule has 1 aliphatic rings. The number of para-hydroxylation sites is 2. The number of carbonyl (C=O) groups excluding carboxylic acids is 2. The molecule has 2 heterocycles. The van der Waals surface area contributed by atoms with E-state index in [1.165, 1.54) is 4.88 Å². The minimum absolute atomic E-state index is 0.00250. The summed E-state index contributed by atoms with van der Waals surface area (Å²) in [5.41, 5.74) is 1.61. The van der Waals surface area contributed by atoms with E-state index < -0.39 is 0 Å². The molecule has 0 aliphatic carbocycles. The Balaban J connectivity index is 1.80. The second-order valence-corrected chi connectivity index (χ2v) is 6.03. The summed E-state index contributed by atoms with van der Waals surface area (Å²) >= 11 is 1.65. The normalized spacial score (nSPS) is 14.2. The average molecular weight is 300 g/mol. The first-order valence-corrected chi connectivity index (χ1v) is 7.73. The summed E-state index contributed by atoms with van der Waals surface area (Å²) in [6.45, 7) is 0.122. The van der Waals surface area contributed by atoms with E-state index in [-0.39, 0.29) is 18.4 Å². The maximum atomic E-state index is 12.5. The molecule has 0 fully saturated rings. The Hall–Kier alpha value is -2.14. The van der Waals surface area contributed by atoms with E-state index in [1.807, 2.05) is 41.8 Å². The molecule has 1 aromatic heterocycles. The first-order chi connectivity index (χ1) is 10.2. The van der Waals surface area contributed by atoms with Crippen molar-refractivity contribution < 1.29 is 9.59 Å². The van der Waals surface area contributed by atoms with Crippen LogP contribution in [0.4, 0.5) is 11.4 Å². The van der Waals surface area contributed by atoms with E-state index in [0.717, 1.165) is 17.8 Å². The Morgan fingerprint density at radius 1 is 1.19 bits per heavy atom. The molecule has 4 nitrogen and oxygen atoms in total. The fourth-order valence-electron chi connectivity index (χ4n) is 2.48. The molecule has 2 aromatic rings. The van der Waals surface area contributed by atoms with Gasteiger partial charge in [0.1, 0.15) is 6.54 Å². The van der Waals surface area contributed by atoms with Gasteiger partial charge in [0, 0.05) is 18.3 Å². The van der Waals surface area contributed by atoms with E-state index in [2.05, 4.69) is 0 Å². The Kier molecular flexibility index (Phi) is 3.75. The summed E-state index contributed by atoms with van der Waals surface area (Å²) in [7, 11) is 1.74. The van der Waals surface area contributed by atoms with Crippen LogP contribution >= 0.6 is 11.3 Å². The van der Waals surface area contributed by atoms with Crippen LogP contribution in [0.2, 0.25) is 0 Å². The number of fused-ring (bicyclic) bond motifs is 1. The van der Waals surface area contributed by atoms with Crippen molar-refractivity contribution in [3.05, 3.63) is 46.7 Å². The molecule has 3 rings (SSSR count). The number of aryl methyl sites for hydroxylation is 1. The maximum absolute atomic E-state index is 12.5. The summed E-state index contributed by atoms with van der Waals surface area (Å²) in [5, 5.41) is 2.01. The zero-order valence-electron chi connectivity index (χ0n) is 11.8. The van der Waals surface area contributed by atoms with Gasteiger partial charge in [0.2, 0.25) is 11.8 Å². The number of thiophene rings is 1. The minimum atomic E-state index is -0.0572. The number of amides is 2. The van der Waals surface area contributed by atoms with Crippen molar-refractivity contribution in [2.75, 3.05) is 23.4 Å².